The summed E-state index contributed by atoms with van der Waals surface area (Å²) in [5.41, 5.74) is 16.3. The molecule has 2 fully saturated rings. The minimum absolute atomic E-state index is 0.226. The molecule has 0 saturated carbocycles. The van der Waals surface area contributed by atoms with Gasteiger partial charge in [0, 0.05) is 96.7 Å². The van der Waals surface area contributed by atoms with Crippen molar-refractivity contribution in [3.63, 3.8) is 0 Å². The number of aliphatic carboxylic acids is 1. The summed E-state index contributed by atoms with van der Waals surface area (Å²) in [5, 5.41) is 35.6. The molecule has 116 heavy (non-hydrogen) atoms. The molecule has 22 nitrogen and oxygen atoms in total. The van der Waals surface area contributed by atoms with E-state index in [1.165, 1.54) is 49.7 Å². The van der Waals surface area contributed by atoms with Gasteiger partial charge >= 0.3 is 25.4 Å². The van der Waals surface area contributed by atoms with Gasteiger partial charge < -0.3 is 69.2 Å². The predicted octanol–water partition coefficient (Wildman–Crippen LogP) is 19.2. The topological polar surface area (TPSA) is 276 Å². The van der Waals surface area contributed by atoms with Crippen molar-refractivity contribution in [1.82, 2.24) is 40.1 Å². The van der Waals surface area contributed by atoms with E-state index in [0.29, 0.717) is 81.1 Å². The van der Waals surface area contributed by atoms with E-state index in [9.17, 15) is 18.0 Å². The van der Waals surface area contributed by atoms with Crippen LogP contribution >= 0.6 is 45.6 Å². The fourth-order valence-corrected chi connectivity index (χ4v) is 17.7. The SMILES string of the molecule is CCOc1ccccc1-c1c(C)sc2cnc(Cl)nc12.CCOc1ccccc1-c1c(C)sc2cnc(Nc3ccc(C4CCN(C(=O)OC(C)(C)C)CC4)c4c3OCC4)nc12.CCOc1ccccc1-c1c(C)sc2cnc(Nc3ccc(C4CCNCC4)c4c3OCC4)nc12.CCOc1ccccc1B(O)O.O=C(O)C(F)(F)F. The maximum Gasteiger partial charge on any atom is 0.492 e. The number of carbonyl (C=O) groups excluding carboxylic acids is 1. The molecule has 1 amide bonds. The number of carboxylic acid groups (broad SMARTS) is 1. The van der Waals surface area contributed by atoms with Gasteiger partial charge in [-0.25, -0.2) is 39.5 Å². The van der Waals surface area contributed by atoms with Crippen molar-refractivity contribution >= 4 is 124 Å². The van der Waals surface area contributed by atoms with Crippen LogP contribution in [0.4, 0.5) is 41.2 Å². The van der Waals surface area contributed by atoms with Gasteiger partial charge in [0.2, 0.25) is 17.2 Å². The van der Waals surface area contributed by atoms with E-state index in [0.717, 1.165) is 150 Å². The number of carbonyl (C=O) groups is 2. The molecule has 10 heterocycles. The molecule has 4 aliphatic rings. The Morgan fingerprint density at radius 2 is 0.940 bits per heavy atom. The molecule has 30 heteroatoms. The number of benzene rings is 6. The van der Waals surface area contributed by atoms with Crippen LogP contribution in [0.5, 0.6) is 34.5 Å². The Balaban J connectivity index is 0.000000149. The number of alkyl halides is 3. The summed E-state index contributed by atoms with van der Waals surface area (Å²) in [6, 6.07) is 39.9. The number of thiophene rings is 3. The number of halogens is 4. The number of hydrogen-bond donors (Lipinski definition) is 6. The third-order valence-electron chi connectivity index (χ3n) is 19.5. The average Bonchev–Trinajstić information content (AvgIpc) is 1.61. The van der Waals surface area contributed by atoms with Gasteiger partial charge in [0.15, 0.2) is 0 Å². The Morgan fingerprint density at radius 1 is 0.560 bits per heavy atom. The summed E-state index contributed by atoms with van der Waals surface area (Å²) in [7, 11) is -1.47. The van der Waals surface area contributed by atoms with Crippen molar-refractivity contribution in [1.29, 1.82) is 0 Å². The van der Waals surface area contributed by atoms with E-state index in [-0.39, 0.29) is 11.4 Å². The zero-order valence-electron chi connectivity index (χ0n) is 66.2. The van der Waals surface area contributed by atoms with Gasteiger partial charge in [-0.05, 0) is 179 Å². The predicted molar refractivity (Wildman–Crippen MR) is 455 cm³/mol. The van der Waals surface area contributed by atoms with Crippen LogP contribution in [-0.2, 0) is 22.4 Å². The molecule has 2 saturated heterocycles. The maximum absolute atomic E-state index is 12.6. The molecule has 4 aliphatic heterocycles. The molecule has 16 rings (SSSR count). The van der Waals surface area contributed by atoms with E-state index in [4.69, 9.17) is 74.7 Å². The Hall–Kier alpha value is -10.4. The van der Waals surface area contributed by atoms with Crippen molar-refractivity contribution in [2.24, 2.45) is 0 Å². The second-order valence-electron chi connectivity index (χ2n) is 28.4. The molecule has 0 spiro atoms. The average molecular weight is 1660 g/mol. The van der Waals surface area contributed by atoms with Gasteiger partial charge in [0.05, 0.1) is 94.1 Å². The van der Waals surface area contributed by atoms with E-state index in [1.54, 1.807) is 64.5 Å². The third-order valence-corrected chi connectivity index (χ3v) is 22.8. The Labute approximate surface area is 688 Å². The van der Waals surface area contributed by atoms with Gasteiger partial charge in [-0.3, -0.25) is 0 Å². The van der Waals surface area contributed by atoms with Crippen LogP contribution in [0.25, 0.3) is 64.0 Å². The molecule has 0 unspecified atom stereocenters. The number of carboxylic acids is 1. The third kappa shape index (κ3) is 20.3. The van der Waals surface area contributed by atoms with Crippen molar-refractivity contribution in [2.75, 3.05) is 76.5 Å². The van der Waals surface area contributed by atoms with Crippen LogP contribution in [0.2, 0.25) is 5.28 Å². The number of rotatable bonds is 18. The summed E-state index contributed by atoms with van der Waals surface area (Å²) in [4.78, 5) is 54.5. The summed E-state index contributed by atoms with van der Waals surface area (Å²) in [5.74, 6) is 4.32. The first-order chi connectivity index (χ1) is 55.8. The van der Waals surface area contributed by atoms with E-state index < -0.39 is 24.9 Å². The lowest BCUT2D eigenvalue weighted by molar-refractivity contribution is -0.192. The van der Waals surface area contributed by atoms with Crippen molar-refractivity contribution in [3.05, 3.63) is 182 Å². The van der Waals surface area contributed by atoms with Gasteiger partial charge in [0.25, 0.3) is 0 Å². The molecule has 6 N–H and O–H groups in total. The van der Waals surface area contributed by atoms with Crippen LogP contribution in [0.15, 0.2) is 140 Å². The van der Waals surface area contributed by atoms with Crippen LogP contribution in [0, 0.1) is 20.8 Å². The quantitative estimate of drug-likeness (QED) is 0.0344. The summed E-state index contributed by atoms with van der Waals surface area (Å²) in [6.45, 7) is 27.2. The molecular weight excluding hydrogens is 1560 g/mol. The number of likely N-dealkylation sites (tertiary alicyclic amines) is 1. The van der Waals surface area contributed by atoms with Crippen molar-refractivity contribution in [2.45, 2.75) is 131 Å². The molecule has 6 aromatic carbocycles. The second kappa shape index (κ2) is 38.6. The smallest absolute Gasteiger partial charge is 0.492 e. The van der Waals surface area contributed by atoms with Crippen LogP contribution in [0.3, 0.4) is 0 Å². The largest absolute Gasteiger partial charge is 0.494 e. The van der Waals surface area contributed by atoms with E-state index in [2.05, 4.69) is 99.1 Å². The van der Waals surface area contributed by atoms with Crippen molar-refractivity contribution in [3.8, 4) is 67.9 Å². The highest BCUT2D eigenvalue weighted by Gasteiger charge is 2.38. The number of aryl methyl sites for hydroxylation is 3. The van der Waals surface area contributed by atoms with Crippen LogP contribution in [0.1, 0.15) is 123 Å². The van der Waals surface area contributed by atoms with Gasteiger partial charge in [-0.15, -0.1) is 34.0 Å². The maximum atomic E-state index is 12.6. The van der Waals surface area contributed by atoms with E-state index >= 15 is 0 Å². The monoisotopic (exact) mass is 1660 g/mol. The number of nitrogens with zero attached hydrogens (tertiary/aromatic N) is 7. The fourth-order valence-electron chi connectivity index (χ4n) is 14.6. The minimum atomic E-state index is -5.08. The second-order valence-corrected chi connectivity index (χ2v) is 32.5. The number of hydrogen-bond acceptors (Lipinski definition) is 23. The molecule has 0 aliphatic carbocycles. The fraction of sp³-hybridized carbons (Fsp3) is 0.349. The van der Waals surface area contributed by atoms with Gasteiger partial charge in [-0.2, -0.15) is 13.2 Å². The Bertz CT molecular complexity index is 5440. The number of aromatic nitrogens is 6. The molecule has 0 radical (unpaired) electrons. The zero-order chi connectivity index (χ0) is 82.4. The normalized spacial score (nSPS) is 13.9. The number of amides is 1. The highest BCUT2D eigenvalue weighted by Crippen LogP contribution is 2.48. The number of anilines is 4. The first-order valence-corrected chi connectivity index (χ1v) is 41.5. The molecule has 0 bridgehead atoms. The molecule has 0 atom stereocenters. The highest BCUT2D eigenvalue weighted by molar-refractivity contribution is 7.20. The lowest BCUT2D eigenvalue weighted by Gasteiger charge is -2.34. The number of ether oxygens (including phenoxy) is 7. The van der Waals surface area contributed by atoms with Crippen LogP contribution in [-0.4, -0.2) is 147 Å². The first-order valence-electron chi connectivity index (χ1n) is 38.6. The summed E-state index contributed by atoms with van der Waals surface area (Å²) in [6.07, 6.45) is 6.28. The number of para-hydroxylation sites is 4. The summed E-state index contributed by atoms with van der Waals surface area (Å²) < 4.78 is 75.5. The van der Waals surface area contributed by atoms with Gasteiger partial charge in [0.1, 0.15) is 40.1 Å². The summed E-state index contributed by atoms with van der Waals surface area (Å²) >= 11 is 11.0. The first kappa shape index (κ1) is 85.0. The zero-order valence-corrected chi connectivity index (χ0v) is 69.4. The number of nitrogens with one attached hydrogen (secondary N) is 3. The van der Waals surface area contributed by atoms with Crippen LogP contribution < -0.4 is 49.8 Å². The standard InChI is InChI=1S/C33H38N4O4S.C28H30N4O2S.C15H13ClN2OS.C8H11BO3.C2HF3O2/c1-6-39-26-10-8-7-9-24(26)28-20(2)42-27-19-34-31(36-29(27)28)35-25-12-11-22(23-15-18-40-30(23)25)21-13-16-37(17-14-21)32(38)41-33(3,4)5;1-3-33-23-7-5-4-6-21(23)25-17(2)35-24-16-30-28(32-26(24)25)31-22-9-8-19(18-10-13-29-14-11-18)20-12-15-34-27(20)22;1-3-19-11-7-5-4-6-10(11)13-9(2)20-12-8-17-15(16)18-14(12)13;1-2-12-8-6-4-3-5-7(8)9(10)11;3-2(4,5)1(6)7/h7-12,19,21H,6,13-18H2,1-5H3,(H,34,35,36);4-9,16,18,29H,3,10-15H2,1-2H3,(H,30,31,32);4-8H,3H2,1-2H3;3-6,10-11H,2H2,1H3;(H,6,7). The Kier molecular flexibility index (Phi) is 28.3. The van der Waals surface area contributed by atoms with E-state index in [1.807, 2.05) is 120 Å². The molecular formula is C86H93BClF3N10O12S3. The Morgan fingerprint density at radius 3 is 1.34 bits per heavy atom. The lowest BCUT2D eigenvalue weighted by Crippen LogP contribution is -2.41. The molecule has 608 valence electrons. The molecule has 6 aromatic heterocycles. The highest BCUT2D eigenvalue weighted by atomic mass is 35.5. The van der Waals surface area contributed by atoms with Gasteiger partial charge in [-0.1, -0.05) is 84.9 Å². The molecule has 12 aromatic rings. The number of piperidine rings is 2. The number of fused-ring (bicyclic) bond motifs is 5. The van der Waals surface area contributed by atoms with Crippen molar-refractivity contribution < 1.29 is 71.1 Å². The lowest BCUT2D eigenvalue weighted by atomic mass is 9.80. The minimum Gasteiger partial charge on any atom is -0.494 e.